The number of unbranched alkanes of at least 4 members (excludes halogenated alkanes) is 1. The van der Waals surface area contributed by atoms with Gasteiger partial charge in [0.1, 0.15) is 23.5 Å². The molecule has 6 aromatic rings. The Morgan fingerprint density at radius 2 is 1.36 bits per heavy atom. The Morgan fingerprint density at radius 3 is 1.99 bits per heavy atom. The molecule has 5 aromatic carbocycles. The number of ether oxygens (including phenoxy) is 2. The van der Waals surface area contributed by atoms with Crippen molar-refractivity contribution in [2.75, 3.05) is 56.2 Å². The quantitative estimate of drug-likeness (QED) is 0.0668. The molecule has 13 heteroatoms. The summed E-state index contributed by atoms with van der Waals surface area (Å²) in [5, 5.41) is 18.8. The van der Waals surface area contributed by atoms with E-state index >= 15 is 0 Å². The molecule has 354 valence electrons. The van der Waals surface area contributed by atoms with Gasteiger partial charge < -0.3 is 34.8 Å². The van der Waals surface area contributed by atoms with E-state index in [1.54, 1.807) is 48.1 Å². The first kappa shape index (κ1) is 44.7. The highest BCUT2D eigenvalue weighted by atomic mass is 35.5. The van der Waals surface area contributed by atoms with Gasteiger partial charge in [-0.1, -0.05) is 17.7 Å². The van der Waals surface area contributed by atoms with Crippen molar-refractivity contribution in [3.05, 3.63) is 144 Å². The molecule has 0 saturated carbocycles. The van der Waals surface area contributed by atoms with E-state index in [2.05, 4.69) is 32.6 Å². The molecule has 0 spiro atoms. The molecule has 2 amide bonds. The smallest absolute Gasteiger partial charge is 0.262 e. The van der Waals surface area contributed by atoms with E-state index < -0.39 is 0 Å². The number of nitrogens with one attached hydrogen (secondary N) is 2. The summed E-state index contributed by atoms with van der Waals surface area (Å²) in [6, 6.07) is 22.6. The molecule has 11 rings (SSSR count). The molecular weight excluding hydrogens is 890 g/mol. The zero-order chi connectivity index (χ0) is 47.3. The van der Waals surface area contributed by atoms with Gasteiger partial charge in [0.2, 0.25) is 5.91 Å². The minimum Gasteiger partial charge on any atom is -0.497 e. The SMILES string of the molecule is COc1ccc2c(c1)c(CC(=O)NCCCCNC(=O)c1ccc(=C3c4cc5c6c(c4Oc4c3cc3c7c4CCCN7CCC3)CCCN6CCC5)c(=COO)c1)c(C)n2C(=O)c1ccc(Cl)cc1. The highest BCUT2D eigenvalue weighted by molar-refractivity contribution is 6.30. The predicted octanol–water partition coefficient (Wildman–Crippen LogP) is 8.15. The Bertz CT molecular complexity index is 3130. The van der Waals surface area contributed by atoms with Crippen molar-refractivity contribution in [2.24, 2.45) is 0 Å². The van der Waals surface area contributed by atoms with Gasteiger partial charge in [-0.15, -0.1) is 0 Å². The lowest BCUT2D eigenvalue weighted by Gasteiger charge is -2.41. The maximum atomic E-state index is 13.8. The van der Waals surface area contributed by atoms with Gasteiger partial charge in [-0.3, -0.25) is 19.0 Å². The Labute approximate surface area is 406 Å². The number of aromatic nitrogens is 1. The minimum atomic E-state index is -0.247. The number of anilines is 2. The second-order valence-electron chi connectivity index (χ2n) is 19.0. The van der Waals surface area contributed by atoms with Gasteiger partial charge in [0, 0.05) is 111 Å². The number of aryl methyl sites for hydroxylation is 2. The molecule has 6 heterocycles. The normalized spacial score (nSPS) is 15.7. The number of amides is 2. The number of hydrogen-bond donors (Lipinski definition) is 3. The molecule has 0 atom stereocenters. The van der Waals surface area contributed by atoms with Crippen LogP contribution < -0.4 is 40.3 Å². The van der Waals surface area contributed by atoms with E-state index in [1.165, 1.54) is 39.9 Å². The van der Waals surface area contributed by atoms with Crippen LogP contribution in [0.5, 0.6) is 17.2 Å². The number of carbonyl (C=O) groups excluding carboxylic acids is 3. The Hall–Kier alpha value is -6.76. The zero-order valence-corrected chi connectivity index (χ0v) is 39.9. The first-order valence-electron chi connectivity index (χ1n) is 24.4. The van der Waals surface area contributed by atoms with Crippen LogP contribution in [0.1, 0.15) is 104 Å². The van der Waals surface area contributed by atoms with Gasteiger partial charge in [-0.05, 0) is 160 Å². The summed E-state index contributed by atoms with van der Waals surface area (Å²) in [5.41, 5.74) is 14.2. The highest BCUT2D eigenvalue weighted by Crippen LogP contribution is 2.54. The molecule has 0 saturated heterocycles. The predicted molar refractivity (Wildman–Crippen MR) is 269 cm³/mol. The molecule has 0 bridgehead atoms. The maximum Gasteiger partial charge on any atom is 0.262 e. The first-order valence-corrected chi connectivity index (χ1v) is 24.8. The van der Waals surface area contributed by atoms with E-state index in [9.17, 15) is 19.6 Å². The second-order valence-corrected chi connectivity index (χ2v) is 19.4. The van der Waals surface area contributed by atoms with Crippen LogP contribution in [0.15, 0.2) is 72.8 Å². The van der Waals surface area contributed by atoms with E-state index in [1.807, 2.05) is 31.2 Å². The van der Waals surface area contributed by atoms with Crippen LogP contribution in [0.3, 0.4) is 0 Å². The van der Waals surface area contributed by atoms with Crippen LogP contribution >= 0.6 is 11.6 Å². The molecule has 5 aliphatic heterocycles. The fraction of sp³-hybridized carbons (Fsp3) is 0.339. The summed E-state index contributed by atoms with van der Waals surface area (Å²) in [4.78, 5) is 50.8. The van der Waals surface area contributed by atoms with E-state index in [-0.39, 0.29) is 24.1 Å². The van der Waals surface area contributed by atoms with Crippen LogP contribution in [-0.2, 0) is 41.8 Å². The molecule has 0 aliphatic carbocycles. The third kappa shape index (κ3) is 8.07. The standard InChI is InChI=1S/C56H56ClN5O7/c1-33-44(45-30-40(67-2)18-20-48(45)62(33)56(65)34-13-16-39(57)17-14-34)31-49(63)58-21-3-4-22-59-55(64)37-15-19-41(38(27-37)32-68-66)50-46-28-35-9-5-23-60-25-7-11-42(51(35)60)53(46)69-54-43-12-8-26-61-24-6-10-36(52(43)61)29-47(50)54/h13-20,27-30,32,66H,3-12,21-26,31H2,1-2H3,(H,58,63)(H,59,64). The molecule has 0 unspecified atom stereocenters. The molecule has 69 heavy (non-hydrogen) atoms. The first-order chi connectivity index (χ1) is 33.7. The van der Waals surface area contributed by atoms with Crippen molar-refractivity contribution in [2.45, 2.75) is 77.6 Å². The maximum absolute atomic E-state index is 13.8. The fourth-order valence-electron chi connectivity index (χ4n) is 11.7. The van der Waals surface area contributed by atoms with Crippen molar-refractivity contribution in [1.82, 2.24) is 15.2 Å². The minimum absolute atomic E-state index is 0.0767. The summed E-state index contributed by atoms with van der Waals surface area (Å²) in [6.07, 6.45) is 11.0. The summed E-state index contributed by atoms with van der Waals surface area (Å²) >= 11 is 6.10. The summed E-state index contributed by atoms with van der Waals surface area (Å²) < 4.78 is 14.4. The molecule has 3 N–H and O–H groups in total. The van der Waals surface area contributed by atoms with Gasteiger partial charge in [0.25, 0.3) is 11.8 Å². The number of nitrogens with zero attached hydrogens (tertiary/aromatic N) is 3. The zero-order valence-electron chi connectivity index (χ0n) is 39.1. The Kier molecular flexibility index (Phi) is 12.1. The van der Waals surface area contributed by atoms with Gasteiger partial charge in [-0.25, -0.2) is 5.26 Å². The molecule has 1 aromatic heterocycles. The Balaban J connectivity index is 0.817. The number of carbonyl (C=O) groups is 3. The van der Waals surface area contributed by atoms with Crippen molar-refractivity contribution in [3.8, 4) is 17.2 Å². The summed E-state index contributed by atoms with van der Waals surface area (Å²) in [7, 11) is 1.59. The number of fused-ring (bicyclic) bond motifs is 5. The van der Waals surface area contributed by atoms with Crippen molar-refractivity contribution >= 4 is 63.4 Å². The third-order valence-electron chi connectivity index (χ3n) is 14.8. The van der Waals surface area contributed by atoms with Crippen LogP contribution in [0.2, 0.25) is 5.02 Å². The third-order valence-corrected chi connectivity index (χ3v) is 15.1. The van der Waals surface area contributed by atoms with E-state index in [4.69, 9.17) is 26.0 Å². The molecule has 12 nitrogen and oxygen atoms in total. The van der Waals surface area contributed by atoms with Crippen LogP contribution in [0.25, 0.3) is 22.7 Å². The van der Waals surface area contributed by atoms with E-state index in [0.29, 0.717) is 64.3 Å². The van der Waals surface area contributed by atoms with E-state index in [0.717, 1.165) is 122 Å². The van der Waals surface area contributed by atoms with Gasteiger partial charge >= 0.3 is 0 Å². The fourth-order valence-corrected chi connectivity index (χ4v) is 11.8. The number of hydrogen-bond acceptors (Lipinski definition) is 9. The average Bonchev–Trinajstić information content (AvgIpc) is 3.64. The van der Waals surface area contributed by atoms with Gasteiger partial charge in [-0.2, -0.15) is 0 Å². The summed E-state index contributed by atoms with van der Waals surface area (Å²) in [5.74, 6) is 1.86. The van der Waals surface area contributed by atoms with Gasteiger partial charge in [0.15, 0.2) is 0 Å². The lowest BCUT2D eigenvalue weighted by Crippen LogP contribution is -2.37. The molecule has 5 aliphatic rings. The number of halogens is 1. The van der Waals surface area contributed by atoms with Crippen molar-refractivity contribution < 1.29 is 34.0 Å². The lowest BCUT2D eigenvalue weighted by molar-refractivity contribution is -0.162. The monoisotopic (exact) mass is 945 g/mol. The largest absolute Gasteiger partial charge is 0.497 e. The highest BCUT2D eigenvalue weighted by Gasteiger charge is 2.37. The molecular formula is C56H56ClN5O7. The lowest BCUT2D eigenvalue weighted by atomic mass is 9.80. The van der Waals surface area contributed by atoms with Gasteiger partial charge in [0.05, 0.1) is 19.0 Å². The number of rotatable bonds is 11. The van der Waals surface area contributed by atoms with Crippen LogP contribution in [0.4, 0.5) is 11.4 Å². The second kappa shape index (κ2) is 18.6. The topological polar surface area (TPSA) is 135 Å². The van der Waals surface area contributed by atoms with Crippen molar-refractivity contribution in [1.29, 1.82) is 0 Å². The van der Waals surface area contributed by atoms with Crippen molar-refractivity contribution in [3.63, 3.8) is 0 Å². The Morgan fingerprint density at radius 1 is 0.754 bits per heavy atom. The molecule has 0 radical (unpaired) electrons. The summed E-state index contributed by atoms with van der Waals surface area (Å²) in [6.45, 7) is 6.92. The average molecular weight is 947 g/mol. The number of methoxy groups -OCH3 is 1. The van der Waals surface area contributed by atoms with Crippen LogP contribution in [-0.4, -0.2) is 73.9 Å². The van der Waals surface area contributed by atoms with Crippen LogP contribution in [0, 0.1) is 6.92 Å². The number of benzene rings is 5. The molecule has 0 fully saturated rings.